The maximum Gasteiger partial charge on any atom is 0.181 e. The molecule has 2 aromatic carbocycles. The first-order valence-corrected chi connectivity index (χ1v) is 9.08. The third-order valence-electron chi connectivity index (χ3n) is 4.65. The summed E-state index contributed by atoms with van der Waals surface area (Å²) in [5.41, 5.74) is 7.10. The average molecular weight is 363 g/mol. The molecule has 0 amide bonds. The first-order valence-electron chi connectivity index (χ1n) is 9.08. The van der Waals surface area contributed by atoms with Crippen LogP contribution in [0.25, 0.3) is 23.1 Å². The molecule has 1 aliphatic rings. The van der Waals surface area contributed by atoms with Crippen LogP contribution >= 0.6 is 0 Å². The van der Waals surface area contributed by atoms with Gasteiger partial charge in [-0.15, -0.1) is 0 Å². The van der Waals surface area contributed by atoms with Crippen molar-refractivity contribution in [2.24, 2.45) is 4.99 Å². The molecule has 4 aromatic rings. The van der Waals surface area contributed by atoms with E-state index in [9.17, 15) is 0 Å². The predicted molar refractivity (Wildman–Crippen MR) is 112 cm³/mol. The summed E-state index contributed by atoms with van der Waals surface area (Å²) in [6.07, 6.45) is 7.34. The number of allylic oxidation sites excluding steroid dienone is 2. The summed E-state index contributed by atoms with van der Waals surface area (Å²) in [7, 11) is 0. The summed E-state index contributed by atoms with van der Waals surface area (Å²) < 4.78 is 5.37. The number of hydrogen-bond donors (Lipinski definition) is 1. The molecule has 1 aliphatic heterocycles. The number of H-pyrrole nitrogens is 1. The Morgan fingerprint density at radius 3 is 2.29 bits per heavy atom. The Bertz CT molecular complexity index is 1180. The van der Waals surface area contributed by atoms with E-state index in [0.717, 1.165) is 39.5 Å². The van der Waals surface area contributed by atoms with Gasteiger partial charge < -0.3 is 9.40 Å². The Labute approximate surface area is 162 Å². The lowest BCUT2D eigenvalue weighted by Crippen LogP contribution is -1.92. The number of rotatable bonds is 4. The van der Waals surface area contributed by atoms with Gasteiger partial charge in [0.2, 0.25) is 0 Å². The summed E-state index contributed by atoms with van der Waals surface area (Å²) >= 11 is 0. The minimum Gasteiger partial charge on any atom is -0.442 e. The molecule has 0 unspecified atom stereocenters. The van der Waals surface area contributed by atoms with Gasteiger partial charge in [0.05, 0.1) is 23.3 Å². The van der Waals surface area contributed by atoms with Gasteiger partial charge in [0.25, 0.3) is 0 Å². The standard InChI is InChI=1S/C24H17N3O/c1-3-7-17(8-4-1)20-14-22(18-9-5-2-6-10-18)27-23(20)13-19-11-12-21(26-19)24-15-25-16-28-24/h1-16,26H/b23-13+. The molecule has 0 spiro atoms. The molecule has 0 bridgehead atoms. The number of hydrogen-bond acceptors (Lipinski definition) is 3. The molecule has 0 atom stereocenters. The Hall–Kier alpha value is -3.92. The van der Waals surface area contributed by atoms with E-state index in [1.165, 1.54) is 6.39 Å². The van der Waals surface area contributed by atoms with Gasteiger partial charge in [-0.25, -0.2) is 9.98 Å². The molecule has 2 aromatic heterocycles. The van der Waals surface area contributed by atoms with Gasteiger partial charge in [-0.2, -0.15) is 0 Å². The Kier molecular flexibility index (Phi) is 4.07. The van der Waals surface area contributed by atoms with Gasteiger partial charge in [-0.3, -0.25) is 0 Å². The van der Waals surface area contributed by atoms with Crippen LogP contribution in [0.3, 0.4) is 0 Å². The fourth-order valence-corrected chi connectivity index (χ4v) is 3.28. The third kappa shape index (κ3) is 3.12. The first kappa shape index (κ1) is 16.3. The van der Waals surface area contributed by atoms with Gasteiger partial charge in [-0.05, 0) is 29.8 Å². The van der Waals surface area contributed by atoms with Crippen molar-refractivity contribution in [2.75, 3.05) is 0 Å². The van der Waals surface area contributed by atoms with Crippen molar-refractivity contribution in [1.82, 2.24) is 9.97 Å². The summed E-state index contributed by atoms with van der Waals surface area (Å²) in [6.45, 7) is 0. The zero-order chi connectivity index (χ0) is 18.8. The molecule has 0 fully saturated rings. The number of aliphatic imine (C=N–C) groups is 1. The van der Waals surface area contributed by atoms with Gasteiger partial charge in [0, 0.05) is 16.8 Å². The van der Waals surface area contributed by atoms with Crippen molar-refractivity contribution in [2.45, 2.75) is 0 Å². The maximum atomic E-state index is 5.37. The second kappa shape index (κ2) is 7.00. The van der Waals surface area contributed by atoms with Gasteiger partial charge >= 0.3 is 0 Å². The van der Waals surface area contributed by atoms with Crippen molar-refractivity contribution >= 4 is 17.4 Å². The van der Waals surface area contributed by atoms with Crippen molar-refractivity contribution in [1.29, 1.82) is 0 Å². The SMILES string of the molecule is C1=C(c2ccccc2)/C(=C\c2ccc(-c3cnco3)[nH]2)N=C1c1ccccc1. The lowest BCUT2D eigenvalue weighted by atomic mass is 10.0. The Balaban J connectivity index is 1.56. The highest BCUT2D eigenvalue weighted by molar-refractivity contribution is 6.18. The van der Waals surface area contributed by atoms with Gasteiger partial charge in [0.1, 0.15) is 0 Å². The van der Waals surface area contributed by atoms with Crippen molar-refractivity contribution < 1.29 is 4.42 Å². The highest BCUT2D eigenvalue weighted by atomic mass is 16.3. The molecule has 0 saturated carbocycles. The van der Waals surface area contributed by atoms with E-state index in [-0.39, 0.29) is 0 Å². The smallest absolute Gasteiger partial charge is 0.181 e. The normalized spacial score (nSPS) is 14.9. The summed E-state index contributed by atoms with van der Waals surface area (Å²) in [5.74, 6) is 0.711. The average Bonchev–Trinajstić information content (AvgIpc) is 3.50. The van der Waals surface area contributed by atoms with Crippen LogP contribution in [-0.4, -0.2) is 15.7 Å². The maximum absolute atomic E-state index is 5.37. The monoisotopic (exact) mass is 363 g/mol. The fourth-order valence-electron chi connectivity index (χ4n) is 3.28. The second-order valence-corrected chi connectivity index (χ2v) is 6.51. The van der Waals surface area contributed by atoms with Crippen molar-refractivity contribution in [3.63, 3.8) is 0 Å². The number of aromatic nitrogens is 2. The summed E-state index contributed by atoms with van der Waals surface area (Å²) in [6, 6.07) is 24.6. The molecular weight excluding hydrogens is 346 g/mol. The minimum atomic E-state index is 0.711. The van der Waals surface area contributed by atoms with E-state index < -0.39 is 0 Å². The van der Waals surface area contributed by atoms with Crippen LogP contribution in [0, 0.1) is 0 Å². The van der Waals surface area contributed by atoms with E-state index in [0.29, 0.717) is 5.76 Å². The number of nitrogens with one attached hydrogen (secondary N) is 1. The third-order valence-corrected chi connectivity index (χ3v) is 4.65. The van der Waals surface area contributed by atoms with E-state index in [2.05, 4.69) is 46.4 Å². The van der Waals surface area contributed by atoms with Crippen LogP contribution in [0.5, 0.6) is 0 Å². The molecule has 4 heteroatoms. The second-order valence-electron chi connectivity index (χ2n) is 6.51. The van der Waals surface area contributed by atoms with Crippen LogP contribution in [0.2, 0.25) is 0 Å². The molecule has 5 rings (SSSR count). The Morgan fingerprint density at radius 2 is 1.57 bits per heavy atom. The molecule has 4 nitrogen and oxygen atoms in total. The molecule has 3 heterocycles. The largest absolute Gasteiger partial charge is 0.442 e. The van der Waals surface area contributed by atoms with Crippen LogP contribution in [0.4, 0.5) is 0 Å². The molecule has 1 N–H and O–H groups in total. The summed E-state index contributed by atoms with van der Waals surface area (Å²) in [4.78, 5) is 12.2. The highest BCUT2D eigenvalue weighted by Crippen LogP contribution is 2.32. The van der Waals surface area contributed by atoms with Gasteiger partial charge in [0.15, 0.2) is 12.2 Å². The number of oxazole rings is 1. The van der Waals surface area contributed by atoms with Crippen molar-refractivity contribution in [3.8, 4) is 11.5 Å². The lowest BCUT2D eigenvalue weighted by Gasteiger charge is -2.03. The lowest BCUT2D eigenvalue weighted by molar-refractivity contribution is 0.570. The number of nitrogens with zero attached hydrogens (tertiary/aromatic N) is 2. The zero-order valence-electron chi connectivity index (χ0n) is 15.0. The fraction of sp³-hybridized carbons (Fsp3) is 0. The predicted octanol–water partition coefficient (Wildman–Crippen LogP) is 5.60. The topological polar surface area (TPSA) is 54.2 Å². The zero-order valence-corrected chi connectivity index (χ0v) is 15.0. The molecule has 134 valence electrons. The van der Waals surface area contributed by atoms with Crippen LogP contribution in [-0.2, 0) is 0 Å². The number of benzene rings is 2. The van der Waals surface area contributed by atoms with E-state index >= 15 is 0 Å². The van der Waals surface area contributed by atoms with E-state index in [1.54, 1.807) is 6.20 Å². The van der Waals surface area contributed by atoms with Gasteiger partial charge in [-0.1, -0.05) is 60.7 Å². The molecular formula is C24H17N3O. The molecule has 0 aliphatic carbocycles. The summed E-state index contributed by atoms with van der Waals surface area (Å²) in [5, 5.41) is 0. The van der Waals surface area contributed by atoms with Crippen LogP contribution in [0.15, 0.2) is 107 Å². The highest BCUT2D eigenvalue weighted by Gasteiger charge is 2.17. The van der Waals surface area contributed by atoms with Crippen molar-refractivity contribution in [3.05, 3.63) is 114 Å². The molecule has 0 saturated heterocycles. The van der Waals surface area contributed by atoms with E-state index in [4.69, 9.17) is 9.41 Å². The molecule has 0 radical (unpaired) electrons. The molecule has 28 heavy (non-hydrogen) atoms. The van der Waals surface area contributed by atoms with E-state index in [1.807, 2.05) is 48.5 Å². The quantitative estimate of drug-likeness (QED) is 0.513. The minimum absolute atomic E-state index is 0.711. The Morgan fingerprint density at radius 1 is 0.821 bits per heavy atom. The first-order chi connectivity index (χ1) is 13.9. The van der Waals surface area contributed by atoms with Crippen LogP contribution < -0.4 is 0 Å². The van der Waals surface area contributed by atoms with Crippen LogP contribution in [0.1, 0.15) is 16.8 Å². The number of aromatic amines is 1.